The molecule has 22 heavy (non-hydrogen) atoms. The highest BCUT2D eigenvalue weighted by Gasteiger charge is 2.38. The molecule has 116 valence electrons. The molecular formula is C15H16N2O5. The van der Waals surface area contributed by atoms with Crippen LogP contribution in [0.3, 0.4) is 0 Å². The lowest BCUT2D eigenvalue weighted by atomic mass is 10.1. The van der Waals surface area contributed by atoms with E-state index in [2.05, 4.69) is 5.32 Å². The molecule has 0 bridgehead atoms. The Balaban J connectivity index is 2.06. The van der Waals surface area contributed by atoms with E-state index in [1.54, 1.807) is 24.3 Å². The van der Waals surface area contributed by atoms with Crippen molar-refractivity contribution in [1.82, 2.24) is 0 Å². The molecule has 1 fully saturated rings. The first-order chi connectivity index (χ1) is 10.3. The van der Waals surface area contributed by atoms with Crippen molar-refractivity contribution in [2.75, 3.05) is 5.32 Å². The first kappa shape index (κ1) is 15.6. The Morgan fingerprint density at radius 2 is 1.73 bits per heavy atom. The van der Waals surface area contributed by atoms with Gasteiger partial charge in [0.25, 0.3) is 5.79 Å². The number of hydrogen-bond donors (Lipinski definition) is 2. The Morgan fingerprint density at radius 1 is 1.18 bits per heavy atom. The smallest absolute Gasteiger partial charge is 0.350 e. The maximum absolute atomic E-state index is 11.7. The molecule has 7 nitrogen and oxygen atoms in total. The number of benzene rings is 1. The van der Waals surface area contributed by atoms with Crippen LogP contribution in [-0.4, -0.2) is 23.6 Å². The second-order valence-corrected chi connectivity index (χ2v) is 5.22. The molecule has 1 amide bonds. The van der Waals surface area contributed by atoms with Crippen LogP contribution in [-0.2, 0) is 30.3 Å². The summed E-state index contributed by atoms with van der Waals surface area (Å²) >= 11 is 0. The third-order valence-corrected chi connectivity index (χ3v) is 2.83. The molecule has 0 radical (unpaired) electrons. The van der Waals surface area contributed by atoms with Gasteiger partial charge in [-0.3, -0.25) is 4.79 Å². The van der Waals surface area contributed by atoms with Gasteiger partial charge in [-0.15, -0.1) is 0 Å². The quantitative estimate of drug-likeness (QED) is 0.485. The highest BCUT2D eigenvalue weighted by molar-refractivity contribution is 6.15. The molecule has 0 spiro atoms. The number of hydrogen-bond acceptors (Lipinski definition) is 6. The average molecular weight is 304 g/mol. The topological polar surface area (TPSA) is 108 Å². The van der Waals surface area contributed by atoms with Crippen LogP contribution in [0.1, 0.15) is 19.4 Å². The molecule has 1 aliphatic rings. The molecule has 1 aromatic carbocycles. The fourth-order valence-electron chi connectivity index (χ4n) is 1.85. The van der Waals surface area contributed by atoms with E-state index in [1.807, 2.05) is 0 Å². The molecular weight excluding hydrogens is 288 g/mol. The minimum atomic E-state index is -1.26. The van der Waals surface area contributed by atoms with Crippen LogP contribution in [0.2, 0.25) is 0 Å². The van der Waals surface area contributed by atoms with E-state index in [9.17, 15) is 14.4 Å². The Morgan fingerprint density at radius 3 is 2.23 bits per heavy atom. The number of carbonyl (C=O) groups is 3. The van der Waals surface area contributed by atoms with Gasteiger partial charge in [-0.1, -0.05) is 12.1 Å². The van der Waals surface area contributed by atoms with Gasteiger partial charge < -0.3 is 20.5 Å². The van der Waals surface area contributed by atoms with Gasteiger partial charge in [0, 0.05) is 25.7 Å². The number of nitrogens with two attached hydrogens (primary N) is 1. The zero-order valence-electron chi connectivity index (χ0n) is 12.2. The Kier molecular flexibility index (Phi) is 4.16. The van der Waals surface area contributed by atoms with Crippen molar-refractivity contribution in [3.63, 3.8) is 0 Å². The van der Waals surface area contributed by atoms with Crippen molar-refractivity contribution in [2.45, 2.75) is 26.1 Å². The number of nitrogens with one attached hydrogen (secondary N) is 1. The van der Waals surface area contributed by atoms with Crippen molar-refractivity contribution in [3.05, 3.63) is 41.6 Å². The molecule has 1 aromatic rings. The van der Waals surface area contributed by atoms with Gasteiger partial charge in [0.2, 0.25) is 5.91 Å². The Bertz CT molecular complexity index is 624. The van der Waals surface area contributed by atoms with E-state index >= 15 is 0 Å². The molecule has 1 saturated heterocycles. The summed E-state index contributed by atoms with van der Waals surface area (Å²) in [5.74, 6) is -3.18. The lowest BCUT2D eigenvalue weighted by Crippen LogP contribution is -2.42. The van der Waals surface area contributed by atoms with Crippen LogP contribution in [0, 0.1) is 0 Å². The van der Waals surface area contributed by atoms with Crippen LogP contribution in [0.25, 0.3) is 0 Å². The number of esters is 2. The lowest BCUT2D eigenvalue weighted by molar-refractivity contribution is -0.222. The van der Waals surface area contributed by atoms with Gasteiger partial charge in [-0.05, 0) is 17.7 Å². The minimum absolute atomic E-state index is 0.148. The Labute approximate surface area is 127 Å². The molecule has 0 unspecified atom stereocenters. The second kappa shape index (κ2) is 5.88. The maximum atomic E-state index is 11.7. The summed E-state index contributed by atoms with van der Waals surface area (Å²) < 4.78 is 9.93. The molecule has 0 saturated carbocycles. The molecule has 1 aliphatic heterocycles. The fraction of sp³-hybridized carbons (Fsp3) is 0.267. The van der Waals surface area contributed by atoms with Gasteiger partial charge in [-0.2, -0.15) is 0 Å². The van der Waals surface area contributed by atoms with Gasteiger partial charge in [0.05, 0.1) is 6.42 Å². The van der Waals surface area contributed by atoms with Gasteiger partial charge in [0.15, 0.2) is 5.57 Å². The van der Waals surface area contributed by atoms with Crippen molar-refractivity contribution in [2.24, 2.45) is 5.73 Å². The van der Waals surface area contributed by atoms with Crippen LogP contribution < -0.4 is 11.1 Å². The number of ether oxygens (including phenoxy) is 2. The molecule has 0 atom stereocenters. The summed E-state index contributed by atoms with van der Waals surface area (Å²) in [7, 11) is 0. The van der Waals surface area contributed by atoms with E-state index in [1.165, 1.54) is 20.0 Å². The van der Waals surface area contributed by atoms with Crippen LogP contribution in [0.5, 0.6) is 0 Å². The average Bonchev–Trinajstić information content (AvgIpc) is 2.37. The highest BCUT2D eigenvalue weighted by Crippen LogP contribution is 2.22. The monoisotopic (exact) mass is 304 g/mol. The van der Waals surface area contributed by atoms with E-state index in [4.69, 9.17) is 15.2 Å². The molecule has 7 heteroatoms. The van der Waals surface area contributed by atoms with Crippen LogP contribution >= 0.6 is 0 Å². The summed E-state index contributed by atoms with van der Waals surface area (Å²) in [5, 5.41) is 2.80. The van der Waals surface area contributed by atoms with Gasteiger partial charge in [0.1, 0.15) is 0 Å². The summed E-state index contributed by atoms with van der Waals surface area (Å²) in [4.78, 5) is 34.3. The maximum Gasteiger partial charge on any atom is 0.350 e. The first-order valence-corrected chi connectivity index (χ1v) is 6.57. The molecule has 0 aliphatic carbocycles. The van der Waals surface area contributed by atoms with E-state index in [0.717, 1.165) is 5.56 Å². The summed E-state index contributed by atoms with van der Waals surface area (Å²) in [5.41, 5.74) is 6.28. The third-order valence-electron chi connectivity index (χ3n) is 2.83. The molecule has 3 N–H and O–H groups in total. The number of rotatable bonds is 4. The second-order valence-electron chi connectivity index (χ2n) is 5.22. The van der Waals surface area contributed by atoms with Crippen molar-refractivity contribution < 1.29 is 23.9 Å². The number of cyclic esters (lactones) is 2. The van der Waals surface area contributed by atoms with Crippen LogP contribution in [0.15, 0.2) is 36.0 Å². The highest BCUT2D eigenvalue weighted by atomic mass is 16.7. The fourth-order valence-corrected chi connectivity index (χ4v) is 1.85. The predicted molar refractivity (Wildman–Crippen MR) is 77.3 cm³/mol. The number of carbonyl (C=O) groups excluding carboxylic acids is 3. The van der Waals surface area contributed by atoms with Crippen LogP contribution in [0.4, 0.5) is 5.69 Å². The number of primary amides is 1. The lowest BCUT2D eigenvalue weighted by Gasteiger charge is -2.29. The van der Waals surface area contributed by atoms with E-state index in [0.29, 0.717) is 5.69 Å². The normalized spacial score (nSPS) is 16.5. The summed E-state index contributed by atoms with van der Waals surface area (Å²) in [6, 6.07) is 6.82. The predicted octanol–water partition coefficient (Wildman–Crippen LogP) is 0.846. The van der Waals surface area contributed by atoms with Gasteiger partial charge >= 0.3 is 11.9 Å². The zero-order chi connectivity index (χ0) is 16.3. The third kappa shape index (κ3) is 3.85. The zero-order valence-corrected chi connectivity index (χ0v) is 12.2. The molecule has 2 rings (SSSR count). The largest absolute Gasteiger partial charge is 0.419 e. The summed E-state index contributed by atoms with van der Waals surface area (Å²) in [6.45, 7) is 2.95. The number of amides is 1. The van der Waals surface area contributed by atoms with Crippen molar-refractivity contribution in [1.29, 1.82) is 0 Å². The minimum Gasteiger partial charge on any atom is -0.419 e. The molecule has 0 aromatic heterocycles. The molecule has 1 heterocycles. The van der Waals surface area contributed by atoms with E-state index < -0.39 is 23.6 Å². The standard InChI is InChI=1S/C15H16N2O5/c1-15(2)21-13(19)11(14(20)22-15)8-17-10-5-3-9(4-6-10)7-12(16)18/h3-6,8,17H,7H2,1-2H3,(H2,16,18). The Hall–Kier alpha value is -2.83. The first-order valence-electron chi connectivity index (χ1n) is 6.57. The van der Waals surface area contributed by atoms with Crippen molar-refractivity contribution in [3.8, 4) is 0 Å². The summed E-state index contributed by atoms with van der Waals surface area (Å²) in [6.07, 6.45) is 1.37. The number of anilines is 1. The van der Waals surface area contributed by atoms with E-state index in [-0.39, 0.29) is 12.0 Å². The van der Waals surface area contributed by atoms with Crippen molar-refractivity contribution >= 4 is 23.5 Å². The van der Waals surface area contributed by atoms with Gasteiger partial charge in [-0.25, -0.2) is 9.59 Å². The SMILES string of the molecule is CC1(C)OC(=O)C(=CNc2ccc(CC(N)=O)cc2)C(=O)O1.